The molecule has 26 heavy (non-hydrogen) atoms. The summed E-state index contributed by atoms with van der Waals surface area (Å²) in [7, 11) is 0. The molecule has 4 nitrogen and oxygen atoms in total. The van der Waals surface area contributed by atoms with Crippen molar-refractivity contribution in [3.05, 3.63) is 90.5 Å². The van der Waals surface area contributed by atoms with Crippen LogP contribution < -0.4 is 15.4 Å². The zero-order valence-corrected chi connectivity index (χ0v) is 14.7. The molecule has 3 aromatic carbocycles. The van der Waals surface area contributed by atoms with Crippen LogP contribution in [0.2, 0.25) is 0 Å². The van der Waals surface area contributed by atoms with Crippen LogP contribution in [0.4, 0.5) is 5.69 Å². The fourth-order valence-electron chi connectivity index (χ4n) is 2.57. The molecular weight excluding hydrogens is 324 g/mol. The maximum Gasteiger partial charge on any atom is 0.238 e. The molecule has 0 fully saturated rings. The molecule has 0 spiro atoms. The highest BCUT2D eigenvalue weighted by Gasteiger charge is 2.10. The van der Waals surface area contributed by atoms with Gasteiger partial charge in [-0.1, -0.05) is 60.7 Å². The molecule has 0 aliphatic rings. The Labute approximate surface area is 153 Å². The Morgan fingerprint density at radius 1 is 0.885 bits per heavy atom. The van der Waals surface area contributed by atoms with E-state index in [9.17, 15) is 4.79 Å². The molecule has 0 saturated carbocycles. The number of anilines is 1. The number of rotatable bonds is 7. The smallest absolute Gasteiger partial charge is 0.238 e. The first kappa shape index (κ1) is 17.7. The summed E-state index contributed by atoms with van der Waals surface area (Å²) >= 11 is 0. The summed E-state index contributed by atoms with van der Waals surface area (Å²) in [6.45, 7) is 2.25. The Morgan fingerprint density at radius 3 is 2.23 bits per heavy atom. The van der Waals surface area contributed by atoms with Gasteiger partial charge in [0, 0.05) is 6.04 Å². The van der Waals surface area contributed by atoms with Gasteiger partial charge in [-0.05, 0) is 36.8 Å². The van der Waals surface area contributed by atoms with Crippen molar-refractivity contribution in [2.75, 3.05) is 11.9 Å². The van der Waals surface area contributed by atoms with Gasteiger partial charge < -0.3 is 15.4 Å². The van der Waals surface area contributed by atoms with Crippen LogP contribution in [0.1, 0.15) is 18.5 Å². The third-order valence-electron chi connectivity index (χ3n) is 4.00. The number of carbonyl (C=O) groups excluding carboxylic acids is 1. The first-order valence-electron chi connectivity index (χ1n) is 8.62. The molecule has 2 N–H and O–H groups in total. The van der Waals surface area contributed by atoms with Crippen LogP contribution in [0, 0.1) is 0 Å². The molecule has 0 aliphatic heterocycles. The molecule has 132 valence electrons. The number of hydrogen-bond donors (Lipinski definition) is 2. The number of carbonyl (C=O) groups is 1. The zero-order valence-electron chi connectivity index (χ0n) is 14.7. The quantitative estimate of drug-likeness (QED) is 0.648. The number of amides is 1. The fourth-order valence-corrected chi connectivity index (χ4v) is 2.57. The van der Waals surface area contributed by atoms with Crippen molar-refractivity contribution in [1.82, 2.24) is 5.32 Å². The van der Waals surface area contributed by atoms with Crippen LogP contribution in [0.5, 0.6) is 11.5 Å². The van der Waals surface area contributed by atoms with Crippen molar-refractivity contribution in [3.63, 3.8) is 0 Å². The second kappa shape index (κ2) is 8.83. The summed E-state index contributed by atoms with van der Waals surface area (Å²) in [5.41, 5.74) is 1.80. The highest BCUT2D eigenvalue weighted by Crippen LogP contribution is 2.28. The van der Waals surface area contributed by atoms with E-state index >= 15 is 0 Å². The summed E-state index contributed by atoms with van der Waals surface area (Å²) in [4.78, 5) is 12.3. The van der Waals surface area contributed by atoms with Gasteiger partial charge in [0.05, 0.1) is 12.2 Å². The van der Waals surface area contributed by atoms with Gasteiger partial charge in [-0.25, -0.2) is 0 Å². The van der Waals surface area contributed by atoms with E-state index in [1.54, 1.807) is 0 Å². The minimum absolute atomic E-state index is 0.0952. The van der Waals surface area contributed by atoms with E-state index in [-0.39, 0.29) is 18.5 Å². The molecular formula is C22H22N2O2. The number of nitrogens with one attached hydrogen (secondary N) is 2. The highest BCUT2D eigenvalue weighted by molar-refractivity contribution is 5.93. The van der Waals surface area contributed by atoms with Gasteiger partial charge in [-0.3, -0.25) is 4.79 Å². The third kappa shape index (κ3) is 4.94. The minimum Gasteiger partial charge on any atom is -0.455 e. The highest BCUT2D eigenvalue weighted by atomic mass is 16.5. The Kier molecular flexibility index (Phi) is 6.01. The normalized spacial score (nSPS) is 11.6. The Morgan fingerprint density at radius 2 is 1.50 bits per heavy atom. The lowest BCUT2D eigenvalue weighted by atomic mass is 10.1. The number of para-hydroxylation sites is 3. The van der Waals surface area contributed by atoms with Gasteiger partial charge in [-0.15, -0.1) is 0 Å². The lowest BCUT2D eigenvalue weighted by Crippen LogP contribution is -2.30. The van der Waals surface area contributed by atoms with Crippen LogP contribution in [0.15, 0.2) is 84.9 Å². The second-order valence-electron chi connectivity index (χ2n) is 5.97. The van der Waals surface area contributed by atoms with Crippen molar-refractivity contribution < 1.29 is 9.53 Å². The molecule has 3 rings (SSSR count). The molecule has 3 aromatic rings. The lowest BCUT2D eigenvalue weighted by Gasteiger charge is -2.15. The number of hydrogen-bond acceptors (Lipinski definition) is 3. The van der Waals surface area contributed by atoms with Gasteiger partial charge in [0.15, 0.2) is 5.75 Å². The van der Waals surface area contributed by atoms with E-state index in [1.807, 2.05) is 91.9 Å². The monoisotopic (exact) mass is 346 g/mol. The average molecular weight is 346 g/mol. The predicted molar refractivity (Wildman–Crippen MR) is 104 cm³/mol. The molecule has 0 unspecified atom stereocenters. The van der Waals surface area contributed by atoms with Gasteiger partial charge in [-0.2, -0.15) is 0 Å². The van der Waals surface area contributed by atoms with Gasteiger partial charge >= 0.3 is 0 Å². The number of ether oxygens (including phenoxy) is 1. The largest absolute Gasteiger partial charge is 0.455 e. The number of benzene rings is 3. The van der Waals surface area contributed by atoms with Gasteiger partial charge in [0.25, 0.3) is 0 Å². The first-order valence-corrected chi connectivity index (χ1v) is 8.62. The lowest BCUT2D eigenvalue weighted by molar-refractivity contribution is -0.115. The van der Waals surface area contributed by atoms with E-state index in [0.717, 1.165) is 11.3 Å². The molecule has 1 amide bonds. The molecule has 0 aliphatic carbocycles. The Balaban J connectivity index is 1.59. The van der Waals surface area contributed by atoms with Crippen LogP contribution >= 0.6 is 0 Å². The molecule has 0 saturated heterocycles. The summed E-state index contributed by atoms with van der Waals surface area (Å²) in [6.07, 6.45) is 0. The van der Waals surface area contributed by atoms with Gasteiger partial charge in [0.1, 0.15) is 5.75 Å². The van der Waals surface area contributed by atoms with Crippen molar-refractivity contribution in [3.8, 4) is 11.5 Å². The summed E-state index contributed by atoms with van der Waals surface area (Å²) in [6, 6.07) is 27.0. The van der Waals surface area contributed by atoms with E-state index in [4.69, 9.17) is 4.74 Å². The van der Waals surface area contributed by atoms with Crippen LogP contribution in [0.25, 0.3) is 0 Å². The van der Waals surface area contributed by atoms with Crippen molar-refractivity contribution >= 4 is 11.6 Å². The zero-order chi connectivity index (χ0) is 18.2. The van der Waals surface area contributed by atoms with Crippen LogP contribution in [-0.2, 0) is 4.79 Å². The molecule has 1 atom stereocenters. The predicted octanol–water partition coefficient (Wildman–Crippen LogP) is 4.77. The Bertz CT molecular complexity index is 835. The molecule has 4 heteroatoms. The molecule has 0 radical (unpaired) electrons. The van der Waals surface area contributed by atoms with E-state index < -0.39 is 0 Å². The summed E-state index contributed by atoms with van der Waals surface area (Å²) in [5, 5.41) is 6.15. The third-order valence-corrected chi connectivity index (χ3v) is 4.00. The topological polar surface area (TPSA) is 50.4 Å². The van der Waals surface area contributed by atoms with Crippen LogP contribution in [0.3, 0.4) is 0 Å². The SMILES string of the molecule is C[C@H](NCC(=O)Nc1ccccc1Oc1ccccc1)c1ccccc1. The van der Waals surface area contributed by atoms with Crippen LogP contribution in [-0.4, -0.2) is 12.5 Å². The van der Waals surface area contributed by atoms with E-state index in [0.29, 0.717) is 11.4 Å². The summed E-state index contributed by atoms with van der Waals surface area (Å²) in [5.74, 6) is 1.23. The van der Waals surface area contributed by atoms with Crippen molar-refractivity contribution in [2.45, 2.75) is 13.0 Å². The van der Waals surface area contributed by atoms with E-state index in [2.05, 4.69) is 10.6 Å². The Hall–Kier alpha value is -3.11. The van der Waals surface area contributed by atoms with E-state index in [1.165, 1.54) is 0 Å². The molecule has 0 aromatic heterocycles. The minimum atomic E-state index is -0.114. The first-order chi connectivity index (χ1) is 12.7. The van der Waals surface area contributed by atoms with Gasteiger partial charge in [0.2, 0.25) is 5.91 Å². The maximum atomic E-state index is 12.3. The van der Waals surface area contributed by atoms with Crippen molar-refractivity contribution in [1.29, 1.82) is 0 Å². The average Bonchev–Trinajstić information content (AvgIpc) is 2.69. The molecule has 0 bridgehead atoms. The molecule has 0 heterocycles. The second-order valence-corrected chi connectivity index (χ2v) is 5.97. The standard InChI is InChI=1S/C22H22N2O2/c1-17(18-10-4-2-5-11-18)23-16-22(25)24-20-14-8-9-15-21(20)26-19-12-6-3-7-13-19/h2-15,17,23H,16H2,1H3,(H,24,25)/t17-/m0/s1. The van der Waals surface area contributed by atoms with Crippen molar-refractivity contribution in [2.24, 2.45) is 0 Å². The summed E-state index contributed by atoms with van der Waals surface area (Å²) < 4.78 is 5.87. The fraction of sp³-hybridized carbons (Fsp3) is 0.136. The maximum absolute atomic E-state index is 12.3.